The fourth-order valence-corrected chi connectivity index (χ4v) is 3.35. The summed E-state index contributed by atoms with van der Waals surface area (Å²) in [5, 5.41) is 0. The van der Waals surface area contributed by atoms with Gasteiger partial charge in [0.2, 0.25) is 17.7 Å². The highest BCUT2D eigenvalue weighted by molar-refractivity contribution is 5.80. The summed E-state index contributed by atoms with van der Waals surface area (Å²) >= 11 is 0. The Morgan fingerprint density at radius 1 is 1.08 bits per heavy atom. The van der Waals surface area contributed by atoms with Gasteiger partial charge < -0.3 is 16.4 Å². The highest BCUT2D eigenvalue weighted by Crippen LogP contribution is 2.20. The fraction of sp³-hybridized carbons (Fsp3) is 0.526. The SMILES string of the molecule is NC(=O)CCN(Cc1ccccc1)C(=O)CN1CCCCC1CC(N)=O. The number of benzene rings is 1. The third kappa shape index (κ3) is 6.48. The van der Waals surface area contributed by atoms with Gasteiger partial charge in [-0.25, -0.2) is 0 Å². The minimum atomic E-state index is -0.430. The average molecular weight is 360 g/mol. The number of carbonyl (C=O) groups excluding carboxylic acids is 3. The van der Waals surface area contributed by atoms with Crippen molar-refractivity contribution in [1.29, 1.82) is 0 Å². The average Bonchev–Trinajstić information content (AvgIpc) is 2.60. The normalized spacial score (nSPS) is 17.6. The number of likely N-dealkylation sites (tertiary alicyclic amines) is 1. The summed E-state index contributed by atoms with van der Waals surface area (Å²) in [5.41, 5.74) is 11.6. The number of rotatable bonds is 9. The Morgan fingerprint density at radius 2 is 1.81 bits per heavy atom. The number of hydrogen-bond donors (Lipinski definition) is 2. The predicted molar refractivity (Wildman–Crippen MR) is 98.7 cm³/mol. The molecule has 1 heterocycles. The number of amides is 3. The van der Waals surface area contributed by atoms with Crippen LogP contribution in [0.5, 0.6) is 0 Å². The molecule has 0 aliphatic carbocycles. The van der Waals surface area contributed by atoms with Gasteiger partial charge in [0.25, 0.3) is 0 Å². The van der Waals surface area contributed by atoms with Gasteiger partial charge in [-0.05, 0) is 24.9 Å². The smallest absolute Gasteiger partial charge is 0.237 e. The minimum Gasteiger partial charge on any atom is -0.370 e. The Labute approximate surface area is 154 Å². The van der Waals surface area contributed by atoms with Crippen molar-refractivity contribution < 1.29 is 14.4 Å². The Morgan fingerprint density at radius 3 is 2.46 bits per heavy atom. The van der Waals surface area contributed by atoms with Gasteiger partial charge in [-0.2, -0.15) is 0 Å². The number of primary amides is 2. The van der Waals surface area contributed by atoms with Gasteiger partial charge in [0.15, 0.2) is 0 Å². The number of piperidine rings is 1. The molecule has 1 unspecified atom stereocenters. The van der Waals surface area contributed by atoms with Crippen molar-refractivity contribution in [3.05, 3.63) is 35.9 Å². The molecule has 1 saturated heterocycles. The molecule has 0 spiro atoms. The van der Waals surface area contributed by atoms with Gasteiger partial charge >= 0.3 is 0 Å². The molecule has 0 saturated carbocycles. The molecular weight excluding hydrogens is 332 g/mol. The van der Waals surface area contributed by atoms with Crippen LogP contribution in [0.2, 0.25) is 0 Å². The van der Waals surface area contributed by atoms with Crippen LogP contribution in [0.15, 0.2) is 30.3 Å². The monoisotopic (exact) mass is 360 g/mol. The van der Waals surface area contributed by atoms with E-state index < -0.39 is 5.91 Å². The Balaban J connectivity index is 2.03. The van der Waals surface area contributed by atoms with E-state index in [1.165, 1.54) is 0 Å². The molecule has 1 aromatic rings. The van der Waals surface area contributed by atoms with Crippen molar-refractivity contribution in [1.82, 2.24) is 9.80 Å². The molecule has 7 nitrogen and oxygen atoms in total. The van der Waals surface area contributed by atoms with Crippen molar-refractivity contribution in [2.45, 2.75) is 44.7 Å². The van der Waals surface area contributed by atoms with Crippen molar-refractivity contribution >= 4 is 17.7 Å². The first-order chi connectivity index (χ1) is 12.5. The van der Waals surface area contributed by atoms with E-state index in [2.05, 4.69) is 0 Å². The molecule has 142 valence electrons. The predicted octanol–water partition coefficient (Wildman–Crippen LogP) is 0.620. The van der Waals surface area contributed by atoms with Crippen LogP contribution in [-0.4, -0.2) is 53.2 Å². The van der Waals surface area contributed by atoms with E-state index in [1.807, 2.05) is 35.2 Å². The fourth-order valence-electron chi connectivity index (χ4n) is 3.35. The van der Waals surface area contributed by atoms with Gasteiger partial charge in [0.05, 0.1) is 6.54 Å². The third-order valence-corrected chi connectivity index (χ3v) is 4.72. The molecule has 2 rings (SSSR count). The Kier molecular flexibility index (Phi) is 7.59. The lowest BCUT2D eigenvalue weighted by atomic mass is 9.99. The third-order valence-electron chi connectivity index (χ3n) is 4.72. The largest absolute Gasteiger partial charge is 0.370 e. The Hall–Kier alpha value is -2.41. The van der Waals surface area contributed by atoms with Crippen LogP contribution >= 0.6 is 0 Å². The van der Waals surface area contributed by atoms with Gasteiger partial charge in [-0.15, -0.1) is 0 Å². The molecule has 7 heteroatoms. The van der Waals surface area contributed by atoms with E-state index in [0.29, 0.717) is 6.54 Å². The molecule has 0 bridgehead atoms. The van der Waals surface area contributed by atoms with Crippen LogP contribution in [0.4, 0.5) is 0 Å². The van der Waals surface area contributed by atoms with Crippen LogP contribution in [0.3, 0.4) is 0 Å². The van der Waals surface area contributed by atoms with E-state index in [0.717, 1.165) is 31.4 Å². The van der Waals surface area contributed by atoms with E-state index >= 15 is 0 Å². The molecule has 1 aliphatic heterocycles. The molecule has 4 N–H and O–H groups in total. The van der Waals surface area contributed by atoms with Crippen molar-refractivity contribution in [2.75, 3.05) is 19.6 Å². The lowest BCUT2D eigenvalue weighted by Crippen LogP contribution is -2.48. The first-order valence-electron chi connectivity index (χ1n) is 9.08. The first kappa shape index (κ1) is 19.9. The zero-order chi connectivity index (χ0) is 18.9. The van der Waals surface area contributed by atoms with E-state index in [9.17, 15) is 14.4 Å². The van der Waals surface area contributed by atoms with Crippen LogP contribution in [0.1, 0.15) is 37.7 Å². The summed E-state index contributed by atoms with van der Waals surface area (Å²) in [7, 11) is 0. The molecule has 1 fully saturated rings. The summed E-state index contributed by atoms with van der Waals surface area (Å²) < 4.78 is 0. The summed E-state index contributed by atoms with van der Waals surface area (Å²) in [4.78, 5) is 39.0. The molecule has 0 radical (unpaired) electrons. The maximum atomic E-state index is 12.9. The molecule has 0 aromatic heterocycles. The number of nitrogens with zero attached hydrogens (tertiary/aromatic N) is 2. The molecular formula is C19H28N4O3. The standard InChI is InChI=1S/C19H28N4O3/c20-17(24)9-11-23(13-15-6-2-1-3-7-15)19(26)14-22-10-5-4-8-16(22)12-18(21)25/h1-3,6-7,16H,4-5,8-14H2,(H2,20,24)(H2,21,25). The Bertz CT molecular complexity index is 620. The molecule has 26 heavy (non-hydrogen) atoms. The van der Waals surface area contributed by atoms with Crippen LogP contribution < -0.4 is 11.5 Å². The van der Waals surface area contributed by atoms with E-state index in [4.69, 9.17) is 11.5 Å². The lowest BCUT2D eigenvalue weighted by Gasteiger charge is -2.36. The maximum Gasteiger partial charge on any atom is 0.237 e. The second-order valence-electron chi connectivity index (χ2n) is 6.81. The quantitative estimate of drug-likeness (QED) is 0.672. The van der Waals surface area contributed by atoms with Gasteiger partial charge in [-0.3, -0.25) is 19.3 Å². The number of carbonyl (C=O) groups is 3. The second kappa shape index (κ2) is 9.91. The zero-order valence-electron chi connectivity index (χ0n) is 15.1. The highest BCUT2D eigenvalue weighted by atomic mass is 16.2. The summed E-state index contributed by atoms with van der Waals surface area (Å²) in [6.45, 7) is 1.72. The summed E-state index contributed by atoms with van der Waals surface area (Å²) in [6, 6.07) is 9.66. The van der Waals surface area contributed by atoms with Gasteiger partial charge in [-0.1, -0.05) is 36.8 Å². The lowest BCUT2D eigenvalue weighted by molar-refractivity contribution is -0.135. The van der Waals surface area contributed by atoms with Gasteiger partial charge in [0.1, 0.15) is 0 Å². The minimum absolute atomic E-state index is 0.0138. The van der Waals surface area contributed by atoms with Crippen molar-refractivity contribution in [3.63, 3.8) is 0 Å². The number of nitrogens with two attached hydrogens (primary N) is 2. The van der Waals surface area contributed by atoms with Crippen molar-refractivity contribution in [2.24, 2.45) is 11.5 Å². The van der Waals surface area contributed by atoms with Crippen LogP contribution in [0, 0.1) is 0 Å². The van der Waals surface area contributed by atoms with E-state index in [-0.39, 0.29) is 43.8 Å². The molecule has 1 aliphatic rings. The van der Waals surface area contributed by atoms with E-state index in [1.54, 1.807) is 4.90 Å². The summed E-state index contributed by atoms with van der Waals surface area (Å²) in [6.07, 6.45) is 3.31. The summed E-state index contributed by atoms with van der Waals surface area (Å²) in [5.74, 6) is -0.837. The second-order valence-corrected chi connectivity index (χ2v) is 6.81. The highest BCUT2D eigenvalue weighted by Gasteiger charge is 2.27. The molecule has 3 amide bonds. The number of hydrogen-bond acceptors (Lipinski definition) is 4. The topological polar surface area (TPSA) is 110 Å². The molecule has 1 aromatic carbocycles. The molecule has 1 atom stereocenters. The van der Waals surface area contributed by atoms with Gasteiger partial charge in [0, 0.05) is 32.0 Å². The first-order valence-corrected chi connectivity index (χ1v) is 9.08. The van der Waals surface area contributed by atoms with Crippen molar-refractivity contribution in [3.8, 4) is 0 Å². The maximum absolute atomic E-state index is 12.9. The van der Waals surface area contributed by atoms with Crippen LogP contribution in [-0.2, 0) is 20.9 Å². The zero-order valence-corrected chi connectivity index (χ0v) is 15.1. The van der Waals surface area contributed by atoms with Crippen LogP contribution in [0.25, 0.3) is 0 Å².